The van der Waals surface area contributed by atoms with E-state index in [2.05, 4.69) is 25.9 Å². The lowest BCUT2D eigenvalue weighted by atomic mass is 10.1. The van der Waals surface area contributed by atoms with Crippen molar-refractivity contribution in [3.63, 3.8) is 0 Å². The van der Waals surface area contributed by atoms with Crippen LogP contribution in [0.1, 0.15) is 25.8 Å². The van der Waals surface area contributed by atoms with E-state index in [-0.39, 0.29) is 17.2 Å². The molecule has 0 bridgehead atoms. The van der Waals surface area contributed by atoms with Crippen LogP contribution in [0.25, 0.3) is 0 Å². The second kappa shape index (κ2) is 11.5. The van der Waals surface area contributed by atoms with Gasteiger partial charge in [-0.15, -0.1) is 0 Å². The zero-order valence-corrected chi connectivity index (χ0v) is 17.5. The van der Waals surface area contributed by atoms with Gasteiger partial charge in [0.25, 0.3) is 0 Å². The van der Waals surface area contributed by atoms with Gasteiger partial charge in [0.15, 0.2) is 17.5 Å². The van der Waals surface area contributed by atoms with Crippen molar-refractivity contribution in [2.45, 2.75) is 32.4 Å². The predicted molar refractivity (Wildman–Crippen MR) is 112 cm³/mol. The highest BCUT2D eigenvalue weighted by molar-refractivity contribution is 5.66. The zero-order valence-electron chi connectivity index (χ0n) is 17.5. The number of ether oxygens (including phenoxy) is 2. The van der Waals surface area contributed by atoms with Gasteiger partial charge in [-0.2, -0.15) is 5.26 Å². The minimum Gasteiger partial charge on any atom is -0.475 e. The molecule has 0 aromatic carbocycles. The number of halogens is 1. The average molecular weight is 432 g/mol. The molecular weight excluding hydrogens is 407 g/mol. The Morgan fingerprint density at radius 3 is 2.77 bits per heavy atom. The summed E-state index contributed by atoms with van der Waals surface area (Å²) in [5.41, 5.74) is 0.545. The number of nitrogens with zero attached hydrogens (tertiary/aromatic N) is 3. The Balaban J connectivity index is 2.25. The van der Waals surface area contributed by atoms with Gasteiger partial charge in [-0.1, -0.05) is 6.92 Å². The summed E-state index contributed by atoms with van der Waals surface area (Å²) < 4.78 is 24.9. The van der Waals surface area contributed by atoms with Gasteiger partial charge in [0.05, 0.1) is 12.2 Å². The first-order valence-corrected chi connectivity index (χ1v) is 9.59. The lowest BCUT2D eigenvalue weighted by Crippen LogP contribution is -2.44. The summed E-state index contributed by atoms with van der Waals surface area (Å²) in [6, 6.07) is 5.33. The summed E-state index contributed by atoms with van der Waals surface area (Å²) in [5.74, 6) is -0.339. The van der Waals surface area contributed by atoms with Crippen molar-refractivity contribution in [3.05, 3.63) is 35.8 Å². The number of pyridine rings is 2. The van der Waals surface area contributed by atoms with E-state index in [0.29, 0.717) is 31.2 Å². The van der Waals surface area contributed by atoms with Gasteiger partial charge >= 0.3 is 6.09 Å². The molecule has 2 rings (SSSR count). The summed E-state index contributed by atoms with van der Waals surface area (Å²) in [7, 11) is 1.56. The molecule has 4 N–H and O–H groups in total. The average Bonchev–Trinajstić information content (AvgIpc) is 2.73. The Hall–Kier alpha value is -3.65. The first-order valence-electron chi connectivity index (χ1n) is 9.59. The second-order valence-electron chi connectivity index (χ2n) is 6.57. The van der Waals surface area contributed by atoms with Gasteiger partial charge in [0.1, 0.15) is 12.7 Å². The quantitative estimate of drug-likeness (QED) is 0.394. The summed E-state index contributed by atoms with van der Waals surface area (Å²) in [5, 5.41) is 26.5. The van der Waals surface area contributed by atoms with Crippen molar-refractivity contribution in [2.75, 3.05) is 31.0 Å². The maximum atomic E-state index is 14.5. The smallest absolute Gasteiger partial charge is 0.404 e. The molecule has 10 nitrogen and oxygen atoms in total. The van der Waals surface area contributed by atoms with Crippen molar-refractivity contribution < 1.29 is 23.8 Å². The maximum absolute atomic E-state index is 14.5. The number of rotatable bonds is 11. The molecule has 2 heterocycles. The number of carboxylic acid groups (broad SMARTS) is 1. The van der Waals surface area contributed by atoms with E-state index in [0.717, 1.165) is 6.07 Å². The number of anilines is 3. The lowest BCUT2D eigenvalue weighted by molar-refractivity contribution is 0.144. The molecule has 0 fully saturated rings. The van der Waals surface area contributed by atoms with E-state index in [1.54, 1.807) is 26.2 Å². The third kappa shape index (κ3) is 6.97. The Labute approximate surface area is 179 Å². The Bertz CT molecular complexity index is 936. The highest BCUT2D eigenvalue weighted by Gasteiger charge is 2.20. The van der Waals surface area contributed by atoms with Crippen LogP contribution in [0.15, 0.2) is 24.4 Å². The van der Waals surface area contributed by atoms with E-state index >= 15 is 0 Å². The fourth-order valence-electron chi connectivity index (χ4n) is 2.75. The Kier molecular flexibility index (Phi) is 8.78. The minimum absolute atomic E-state index is 0.00599. The third-order valence-electron chi connectivity index (χ3n) is 4.35. The molecule has 0 saturated heterocycles. The molecule has 31 heavy (non-hydrogen) atoms. The molecule has 0 aliphatic heterocycles. The first-order chi connectivity index (χ1) is 14.9. The molecule has 0 aliphatic carbocycles. The van der Waals surface area contributed by atoms with E-state index in [9.17, 15) is 14.4 Å². The number of hydrogen-bond donors (Lipinski definition) is 4. The fraction of sp³-hybridized carbons (Fsp3) is 0.400. The first kappa shape index (κ1) is 23.6. The molecule has 11 heteroatoms. The van der Waals surface area contributed by atoms with Crippen molar-refractivity contribution in [1.82, 2.24) is 15.3 Å². The van der Waals surface area contributed by atoms with Crippen molar-refractivity contribution in [1.29, 1.82) is 5.26 Å². The largest absolute Gasteiger partial charge is 0.475 e. The van der Waals surface area contributed by atoms with Crippen LogP contribution in [-0.2, 0) is 4.74 Å². The molecule has 0 aliphatic rings. The SMILES string of the molecule is CC[C@@H](Nc1nc(Nc2ccnc(OCCOC)c2)c(C#N)cc1F)[C@H](C)NC(=O)O. The van der Waals surface area contributed by atoms with Crippen molar-refractivity contribution in [3.8, 4) is 11.9 Å². The number of methoxy groups -OCH3 is 1. The normalized spacial score (nSPS) is 12.4. The second-order valence-corrected chi connectivity index (χ2v) is 6.57. The Morgan fingerprint density at radius 2 is 2.13 bits per heavy atom. The van der Waals surface area contributed by atoms with E-state index in [1.807, 2.05) is 13.0 Å². The van der Waals surface area contributed by atoms with Crippen LogP contribution in [0, 0.1) is 17.1 Å². The van der Waals surface area contributed by atoms with Crippen LogP contribution in [-0.4, -0.2) is 53.6 Å². The molecule has 166 valence electrons. The monoisotopic (exact) mass is 432 g/mol. The predicted octanol–water partition coefficient (Wildman–Crippen LogP) is 3.10. The Morgan fingerprint density at radius 1 is 1.35 bits per heavy atom. The van der Waals surface area contributed by atoms with Gasteiger partial charge in [-0.05, 0) is 25.5 Å². The molecular formula is C20H25FN6O4. The molecule has 0 saturated carbocycles. The van der Waals surface area contributed by atoms with E-state index < -0.39 is 24.0 Å². The summed E-state index contributed by atoms with van der Waals surface area (Å²) >= 11 is 0. The number of aromatic nitrogens is 2. The molecule has 0 radical (unpaired) electrons. The van der Waals surface area contributed by atoms with Gasteiger partial charge < -0.3 is 30.5 Å². The van der Waals surface area contributed by atoms with Crippen LogP contribution < -0.4 is 20.7 Å². The lowest BCUT2D eigenvalue weighted by Gasteiger charge is -2.25. The number of amides is 1. The van der Waals surface area contributed by atoms with Gasteiger partial charge in [-0.3, -0.25) is 0 Å². The highest BCUT2D eigenvalue weighted by atomic mass is 19.1. The summed E-state index contributed by atoms with van der Waals surface area (Å²) in [6.45, 7) is 4.22. The van der Waals surface area contributed by atoms with E-state index in [1.165, 1.54) is 6.20 Å². The van der Waals surface area contributed by atoms with E-state index in [4.69, 9.17) is 14.6 Å². The molecule has 0 unspecified atom stereocenters. The molecule has 2 aromatic rings. The summed E-state index contributed by atoms with van der Waals surface area (Å²) in [6.07, 6.45) is 0.855. The van der Waals surface area contributed by atoms with Crippen LogP contribution in [0.3, 0.4) is 0 Å². The molecule has 2 atom stereocenters. The van der Waals surface area contributed by atoms with Gasteiger partial charge in [0, 0.05) is 37.1 Å². The summed E-state index contributed by atoms with van der Waals surface area (Å²) in [4.78, 5) is 19.2. The van der Waals surface area contributed by atoms with Crippen LogP contribution in [0.4, 0.5) is 26.5 Å². The van der Waals surface area contributed by atoms with Crippen molar-refractivity contribution >= 4 is 23.4 Å². The van der Waals surface area contributed by atoms with Crippen LogP contribution >= 0.6 is 0 Å². The van der Waals surface area contributed by atoms with Crippen LogP contribution in [0.5, 0.6) is 5.88 Å². The number of nitriles is 1. The third-order valence-corrected chi connectivity index (χ3v) is 4.35. The molecule has 0 spiro atoms. The maximum Gasteiger partial charge on any atom is 0.404 e. The minimum atomic E-state index is -1.18. The molecule has 2 aromatic heterocycles. The standard InChI is InChI=1S/C20H25FN6O4/c1-4-16(12(2)24-20(28)29)26-19-15(21)9-13(11-22)18(27-19)25-14-5-6-23-17(10-14)31-8-7-30-3/h5-6,9-10,12,16,24H,4,7-8H2,1-3H3,(H,28,29)(H2,23,25,26,27)/t12-,16+/m0/s1. The van der Waals surface area contributed by atoms with Gasteiger partial charge in [-0.25, -0.2) is 19.2 Å². The number of carbonyl (C=O) groups is 1. The topological polar surface area (TPSA) is 141 Å². The number of nitrogens with one attached hydrogen (secondary N) is 3. The fourth-order valence-corrected chi connectivity index (χ4v) is 2.75. The van der Waals surface area contributed by atoms with Crippen LogP contribution in [0.2, 0.25) is 0 Å². The number of hydrogen-bond acceptors (Lipinski definition) is 8. The van der Waals surface area contributed by atoms with Crippen molar-refractivity contribution in [2.24, 2.45) is 0 Å². The van der Waals surface area contributed by atoms with Gasteiger partial charge in [0.2, 0.25) is 5.88 Å². The highest BCUT2D eigenvalue weighted by Crippen LogP contribution is 2.25. The zero-order chi connectivity index (χ0) is 22.8. The molecule has 1 amide bonds.